The standard InChI is InChI=1S/C12H14BrN5O2/c13-8-4-9(18-10(8)11(14)15-6-16-18)7-2-1-3-17(5-7)12(19)20/h4,6-7H,1-3,5H2,(H,19,20)(H2,14,15,16). The minimum Gasteiger partial charge on any atom is -0.465 e. The predicted molar refractivity (Wildman–Crippen MR) is 76.7 cm³/mol. The van der Waals surface area contributed by atoms with Gasteiger partial charge in [-0.3, -0.25) is 0 Å². The summed E-state index contributed by atoms with van der Waals surface area (Å²) < 4.78 is 2.58. The lowest BCUT2D eigenvalue weighted by atomic mass is 9.95. The molecule has 1 aliphatic rings. The highest BCUT2D eigenvalue weighted by Gasteiger charge is 2.27. The monoisotopic (exact) mass is 339 g/mol. The van der Waals surface area contributed by atoms with Gasteiger partial charge in [-0.05, 0) is 34.8 Å². The van der Waals surface area contributed by atoms with E-state index in [1.165, 1.54) is 11.2 Å². The Kier molecular flexibility index (Phi) is 3.25. The second-order valence-corrected chi connectivity index (χ2v) is 5.74. The van der Waals surface area contributed by atoms with E-state index in [9.17, 15) is 4.79 Å². The summed E-state index contributed by atoms with van der Waals surface area (Å²) in [5.41, 5.74) is 7.57. The minimum absolute atomic E-state index is 0.118. The third-order valence-electron chi connectivity index (χ3n) is 3.67. The summed E-state index contributed by atoms with van der Waals surface area (Å²) >= 11 is 3.47. The lowest BCUT2D eigenvalue weighted by Gasteiger charge is -2.30. The molecule has 0 radical (unpaired) electrons. The average molecular weight is 340 g/mol. The predicted octanol–water partition coefficient (Wildman–Crippen LogP) is 1.93. The first kappa shape index (κ1) is 13.2. The van der Waals surface area contributed by atoms with Crippen LogP contribution in [0.2, 0.25) is 0 Å². The molecule has 8 heteroatoms. The van der Waals surface area contributed by atoms with E-state index in [-0.39, 0.29) is 5.92 Å². The largest absolute Gasteiger partial charge is 0.465 e. The molecule has 0 aromatic carbocycles. The Labute approximate surface area is 123 Å². The minimum atomic E-state index is -0.872. The van der Waals surface area contributed by atoms with Gasteiger partial charge in [0.15, 0.2) is 5.82 Å². The van der Waals surface area contributed by atoms with Crippen molar-refractivity contribution < 1.29 is 9.90 Å². The molecule has 3 N–H and O–H groups in total. The Morgan fingerprint density at radius 1 is 1.55 bits per heavy atom. The van der Waals surface area contributed by atoms with Crippen LogP contribution in [0.3, 0.4) is 0 Å². The van der Waals surface area contributed by atoms with Gasteiger partial charge in [0.2, 0.25) is 0 Å². The summed E-state index contributed by atoms with van der Waals surface area (Å²) in [6.07, 6.45) is 2.33. The van der Waals surface area contributed by atoms with Crippen LogP contribution in [0.15, 0.2) is 16.9 Å². The summed E-state index contributed by atoms with van der Waals surface area (Å²) in [6.45, 7) is 1.07. The molecule has 106 valence electrons. The molecule has 1 aliphatic heterocycles. The van der Waals surface area contributed by atoms with Crippen molar-refractivity contribution in [2.75, 3.05) is 18.8 Å². The highest BCUT2D eigenvalue weighted by Crippen LogP contribution is 2.33. The van der Waals surface area contributed by atoms with E-state index in [4.69, 9.17) is 10.8 Å². The number of piperidine rings is 1. The molecule has 1 amide bonds. The van der Waals surface area contributed by atoms with Crippen LogP contribution in [-0.2, 0) is 0 Å². The maximum atomic E-state index is 11.1. The topological polar surface area (TPSA) is 96.8 Å². The van der Waals surface area contributed by atoms with Crippen molar-refractivity contribution in [3.05, 3.63) is 22.6 Å². The fourth-order valence-electron chi connectivity index (χ4n) is 2.73. The van der Waals surface area contributed by atoms with Crippen LogP contribution in [-0.4, -0.2) is 43.8 Å². The van der Waals surface area contributed by atoms with E-state index in [1.54, 1.807) is 4.52 Å². The zero-order valence-corrected chi connectivity index (χ0v) is 12.2. The van der Waals surface area contributed by atoms with Crippen LogP contribution < -0.4 is 5.73 Å². The lowest BCUT2D eigenvalue weighted by molar-refractivity contribution is 0.130. The summed E-state index contributed by atoms with van der Waals surface area (Å²) in [5.74, 6) is 0.525. The van der Waals surface area contributed by atoms with Crippen molar-refractivity contribution in [2.45, 2.75) is 18.8 Å². The van der Waals surface area contributed by atoms with Gasteiger partial charge >= 0.3 is 6.09 Å². The maximum absolute atomic E-state index is 11.1. The van der Waals surface area contributed by atoms with E-state index in [2.05, 4.69) is 26.0 Å². The first-order chi connectivity index (χ1) is 9.58. The molecule has 7 nitrogen and oxygen atoms in total. The number of amides is 1. The van der Waals surface area contributed by atoms with Gasteiger partial charge in [-0.1, -0.05) is 0 Å². The van der Waals surface area contributed by atoms with Crippen molar-refractivity contribution in [2.24, 2.45) is 0 Å². The Hall–Kier alpha value is -1.83. The molecule has 0 spiro atoms. The average Bonchev–Trinajstić information content (AvgIpc) is 2.78. The van der Waals surface area contributed by atoms with Gasteiger partial charge in [-0.2, -0.15) is 5.10 Å². The summed E-state index contributed by atoms with van der Waals surface area (Å²) in [5, 5.41) is 13.4. The number of nitrogens with two attached hydrogens (primary N) is 1. The highest BCUT2D eigenvalue weighted by molar-refractivity contribution is 9.10. The molecule has 0 bridgehead atoms. The van der Waals surface area contributed by atoms with E-state index < -0.39 is 6.09 Å². The number of hydrogen-bond acceptors (Lipinski definition) is 4. The van der Waals surface area contributed by atoms with Crippen LogP contribution in [0.5, 0.6) is 0 Å². The summed E-state index contributed by atoms with van der Waals surface area (Å²) in [7, 11) is 0. The molecule has 0 aliphatic carbocycles. The second-order valence-electron chi connectivity index (χ2n) is 4.89. The van der Waals surface area contributed by atoms with Gasteiger partial charge in [0, 0.05) is 29.2 Å². The fourth-order valence-corrected chi connectivity index (χ4v) is 3.33. The van der Waals surface area contributed by atoms with Gasteiger partial charge < -0.3 is 15.7 Å². The normalized spacial score (nSPS) is 19.4. The number of fused-ring (bicyclic) bond motifs is 1. The van der Waals surface area contributed by atoms with Gasteiger partial charge in [-0.15, -0.1) is 0 Å². The second kappa shape index (κ2) is 4.93. The number of likely N-dealkylation sites (tertiary alicyclic amines) is 1. The molecule has 1 saturated heterocycles. The third-order valence-corrected chi connectivity index (χ3v) is 4.28. The quantitative estimate of drug-likeness (QED) is 0.827. The van der Waals surface area contributed by atoms with Crippen LogP contribution in [0.1, 0.15) is 24.5 Å². The van der Waals surface area contributed by atoms with Gasteiger partial charge in [-0.25, -0.2) is 14.3 Å². The molecular weight excluding hydrogens is 326 g/mol. The zero-order valence-electron chi connectivity index (χ0n) is 10.7. The number of carboxylic acid groups (broad SMARTS) is 1. The molecular formula is C12H14BrN5O2. The van der Waals surface area contributed by atoms with E-state index >= 15 is 0 Å². The smallest absolute Gasteiger partial charge is 0.407 e. The maximum Gasteiger partial charge on any atom is 0.407 e. The summed E-state index contributed by atoms with van der Waals surface area (Å²) in [6, 6.07) is 1.95. The molecule has 2 aromatic rings. The molecule has 1 atom stereocenters. The van der Waals surface area contributed by atoms with Crippen molar-refractivity contribution in [3.8, 4) is 0 Å². The molecule has 3 heterocycles. The van der Waals surface area contributed by atoms with Crippen molar-refractivity contribution >= 4 is 33.4 Å². The van der Waals surface area contributed by atoms with Crippen LogP contribution in [0.25, 0.3) is 5.52 Å². The fraction of sp³-hybridized carbons (Fsp3) is 0.417. The number of nitrogens with zero attached hydrogens (tertiary/aromatic N) is 4. The van der Waals surface area contributed by atoms with Crippen LogP contribution in [0, 0.1) is 0 Å². The highest BCUT2D eigenvalue weighted by atomic mass is 79.9. The molecule has 1 unspecified atom stereocenters. The number of carbonyl (C=O) groups is 1. The number of aromatic nitrogens is 3. The first-order valence-electron chi connectivity index (χ1n) is 6.33. The molecule has 0 saturated carbocycles. The van der Waals surface area contributed by atoms with Gasteiger partial charge in [0.1, 0.15) is 11.8 Å². The van der Waals surface area contributed by atoms with Crippen molar-refractivity contribution in [1.82, 2.24) is 19.5 Å². The molecule has 1 fully saturated rings. The number of nitrogen functional groups attached to an aromatic ring is 1. The number of anilines is 1. The molecule has 3 rings (SSSR count). The third kappa shape index (κ3) is 2.09. The van der Waals surface area contributed by atoms with Crippen LogP contribution in [0.4, 0.5) is 10.6 Å². The van der Waals surface area contributed by atoms with Crippen molar-refractivity contribution in [1.29, 1.82) is 0 Å². The summed E-state index contributed by atoms with van der Waals surface area (Å²) in [4.78, 5) is 16.5. The van der Waals surface area contributed by atoms with Gasteiger partial charge in [0.25, 0.3) is 0 Å². The number of hydrogen-bond donors (Lipinski definition) is 2. The van der Waals surface area contributed by atoms with E-state index in [0.29, 0.717) is 18.9 Å². The first-order valence-corrected chi connectivity index (χ1v) is 7.12. The lowest BCUT2D eigenvalue weighted by Crippen LogP contribution is -2.38. The molecule has 20 heavy (non-hydrogen) atoms. The van der Waals surface area contributed by atoms with E-state index in [0.717, 1.165) is 28.5 Å². The molecule has 2 aromatic heterocycles. The Morgan fingerprint density at radius 2 is 2.35 bits per heavy atom. The SMILES string of the molecule is Nc1ncnn2c(C3CCCN(C(=O)O)C3)cc(Br)c12. The van der Waals surface area contributed by atoms with E-state index in [1.807, 2.05) is 6.07 Å². The zero-order chi connectivity index (χ0) is 14.3. The number of rotatable bonds is 1. The Bertz CT molecular complexity index is 671. The number of halogens is 1. The van der Waals surface area contributed by atoms with Crippen molar-refractivity contribution in [3.63, 3.8) is 0 Å². The van der Waals surface area contributed by atoms with Gasteiger partial charge in [0.05, 0.1) is 0 Å². The van der Waals surface area contributed by atoms with Crippen LogP contribution >= 0.6 is 15.9 Å². The Balaban J connectivity index is 2.02. The Morgan fingerprint density at radius 3 is 3.10 bits per heavy atom.